The largest absolute Gasteiger partial charge is 0.480 e. The summed E-state index contributed by atoms with van der Waals surface area (Å²) in [4.78, 5) is 18.0. The summed E-state index contributed by atoms with van der Waals surface area (Å²) in [5, 5.41) is 19.4. The van der Waals surface area contributed by atoms with E-state index in [1.54, 1.807) is 24.4 Å². The van der Waals surface area contributed by atoms with Crippen molar-refractivity contribution in [2.45, 2.75) is 0 Å². The Bertz CT molecular complexity index is 779. The minimum Gasteiger partial charge on any atom is -0.480 e. The van der Waals surface area contributed by atoms with E-state index in [0.717, 1.165) is 5.56 Å². The first kappa shape index (κ1) is 13.3. The molecule has 7 nitrogen and oxygen atoms in total. The van der Waals surface area contributed by atoms with Gasteiger partial charge in [0, 0.05) is 23.2 Å². The second-order valence-electron chi connectivity index (χ2n) is 4.11. The summed E-state index contributed by atoms with van der Waals surface area (Å²) in [6.45, 7) is 0. The van der Waals surface area contributed by atoms with E-state index < -0.39 is 5.97 Å². The number of aromatic nitrogens is 4. The summed E-state index contributed by atoms with van der Waals surface area (Å²) in [5.41, 5.74) is 2.18. The van der Waals surface area contributed by atoms with Crippen molar-refractivity contribution in [3.05, 3.63) is 35.5 Å². The average Bonchev–Trinajstić information content (AvgIpc) is 3.16. The van der Waals surface area contributed by atoms with Crippen LogP contribution < -0.4 is 4.74 Å². The second-order valence-corrected chi connectivity index (χ2v) is 4.96. The SMILES string of the molecule is COc1ccc(-c2nc(-c3c[nH]c(C(=O)O)c3)cs2)nn1. The molecule has 0 radical (unpaired) electrons. The smallest absolute Gasteiger partial charge is 0.352 e. The molecule has 0 unspecified atom stereocenters. The maximum atomic E-state index is 10.9. The Hall–Kier alpha value is -2.74. The van der Waals surface area contributed by atoms with Gasteiger partial charge in [-0.3, -0.25) is 0 Å². The maximum Gasteiger partial charge on any atom is 0.352 e. The highest BCUT2D eigenvalue weighted by atomic mass is 32.1. The number of thiazole rings is 1. The number of nitrogens with one attached hydrogen (secondary N) is 1. The Kier molecular flexibility index (Phi) is 3.36. The Balaban J connectivity index is 1.89. The van der Waals surface area contributed by atoms with Gasteiger partial charge in [-0.25, -0.2) is 9.78 Å². The fraction of sp³-hybridized carbons (Fsp3) is 0.0769. The lowest BCUT2D eigenvalue weighted by Crippen LogP contribution is -1.94. The number of ether oxygens (including phenoxy) is 1. The van der Waals surface area contributed by atoms with Gasteiger partial charge in [0.05, 0.1) is 12.8 Å². The monoisotopic (exact) mass is 302 g/mol. The molecule has 0 aliphatic carbocycles. The molecule has 3 aromatic rings. The fourth-order valence-electron chi connectivity index (χ4n) is 1.73. The highest BCUT2D eigenvalue weighted by molar-refractivity contribution is 7.13. The van der Waals surface area contributed by atoms with Crippen LogP contribution >= 0.6 is 11.3 Å². The van der Waals surface area contributed by atoms with Crippen molar-refractivity contribution >= 4 is 17.3 Å². The molecule has 3 aromatic heterocycles. The van der Waals surface area contributed by atoms with Gasteiger partial charge in [-0.05, 0) is 12.1 Å². The first-order valence-corrected chi connectivity index (χ1v) is 6.81. The summed E-state index contributed by atoms with van der Waals surface area (Å²) in [6.07, 6.45) is 1.61. The van der Waals surface area contributed by atoms with E-state index in [2.05, 4.69) is 20.2 Å². The van der Waals surface area contributed by atoms with Crippen LogP contribution in [0.5, 0.6) is 5.88 Å². The van der Waals surface area contributed by atoms with E-state index in [9.17, 15) is 4.79 Å². The van der Waals surface area contributed by atoms with Crippen LogP contribution in [0.25, 0.3) is 22.0 Å². The minimum absolute atomic E-state index is 0.129. The molecule has 0 atom stereocenters. The van der Waals surface area contributed by atoms with Crippen molar-refractivity contribution in [1.29, 1.82) is 0 Å². The molecule has 0 fully saturated rings. The highest BCUT2D eigenvalue weighted by Gasteiger charge is 2.12. The Morgan fingerprint density at radius 3 is 2.81 bits per heavy atom. The molecule has 21 heavy (non-hydrogen) atoms. The van der Waals surface area contributed by atoms with Crippen molar-refractivity contribution in [1.82, 2.24) is 20.2 Å². The molecular formula is C13H10N4O3S. The molecule has 106 valence electrons. The number of carboxylic acids is 1. The predicted octanol–water partition coefficient (Wildman–Crippen LogP) is 2.30. The molecule has 3 heterocycles. The van der Waals surface area contributed by atoms with Crippen LogP contribution in [-0.2, 0) is 0 Å². The van der Waals surface area contributed by atoms with Gasteiger partial charge in [0.1, 0.15) is 16.4 Å². The molecule has 0 spiro atoms. The van der Waals surface area contributed by atoms with E-state index in [-0.39, 0.29) is 5.69 Å². The summed E-state index contributed by atoms with van der Waals surface area (Å²) in [6, 6.07) is 5.03. The lowest BCUT2D eigenvalue weighted by molar-refractivity contribution is 0.0691. The molecule has 0 aliphatic heterocycles. The summed E-state index contributed by atoms with van der Waals surface area (Å²) in [5.74, 6) is -0.565. The molecule has 2 N–H and O–H groups in total. The number of aromatic amines is 1. The van der Waals surface area contributed by atoms with Crippen molar-refractivity contribution < 1.29 is 14.6 Å². The normalized spacial score (nSPS) is 10.5. The van der Waals surface area contributed by atoms with E-state index >= 15 is 0 Å². The number of hydrogen-bond donors (Lipinski definition) is 2. The van der Waals surface area contributed by atoms with Crippen molar-refractivity contribution in [2.24, 2.45) is 0 Å². The summed E-state index contributed by atoms with van der Waals surface area (Å²) in [7, 11) is 1.52. The first-order valence-electron chi connectivity index (χ1n) is 5.93. The number of rotatable bonds is 4. The zero-order valence-electron chi connectivity index (χ0n) is 10.9. The standard InChI is InChI=1S/C13H10N4O3S/c1-20-11-3-2-8(16-17-11)12-15-10(6-21-12)7-4-9(13(18)19)14-5-7/h2-6,14H,1H3,(H,18,19). The fourth-order valence-corrected chi connectivity index (χ4v) is 2.53. The number of methoxy groups -OCH3 is 1. The molecule has 0 saturated heterocycles. The third-order valence-corrected chi connectivity index (χ3v) is 3.65. The van der Waals surface area contributed by atoms with Crippen LogP contribution in [0, 0.1) is 0 Å². The van der Waals surface area contributed by atoms with E-state index in [0.29, 0.717) is 22.3 Å². The third kappa shape index (κ3) is 2.61. The van der Waals surface area contributed by atoms with Crippen LogP contribution in [0.3, 0.4) is 0 Å². The van der Waals surface area contributed by atoms with E-state index in [1.807, 2.05) is 5.38 Å². The maximum absolute atomic E-state index is 10.9. The van der Waals surface area contributed by atoms with Gasteiger partial charge < -0.3 is 14.8 Å². The van der Waals surface area contributed by atoms with Gasteiger partial charge in [0.2, 0.25) is 5.88 Å². The molecule has 0 amide bonds. The van der Waals surface area contributed by atoms with E-state index in [4.69, 9.17) is 9.84 Å². The Morgan fingerprint density at radius 2 is 2.19 bits per heavy atom. The van der Waals surface area contributed by atoms with Crippen molar-refractivity contribution in [3.63, 3.8) is 0 Å². The van der Waals surface area contributed by atoms with Crippen molar-refractivity contribution in [3.8, 4) is 27.8 Å². The summed E-state index contributed by atoms with van der Waals surface area (Å²) < 4.78 is 4.95. The van der Waals surface area contributed by atoms with Crippen LogP contribution in [0.2, 0.25) is 0 Å². The van der Waals surface area contributed by atoms with Crippen LogP contribution in [0.15, 0.2) is 29.8 Å². The van der Waals surface area contributed by atoms with Crippen LogP contribution in [0.1, 0.15) is 10.5 Å². The van der Waals surface area contributed by atoms with Gasteiger partial charge in [-0.1, -0.05) is 0 Å². The highest BCUT2D eigenvalue weighted by Crippen LogP contribution is 2.28. The van der Waals surface area contributed by atoms with Gasteiger partial charge in [-0.2, -0.15) is 0 Å². The summed E-state index contributed by atoms with van der Waals surface area (Å²) >= 11 is 1.41. The number of H-pyrrole nitrogens is 1. The van der Waals surface area contributed by atoms with Gasteiger partial charge >= 0.3 is 5.97 Å². The lowest BCUT2D eigenvalue weighted by Gasteiger charge is -1.97. The third-order valence-electron chi connectivity index (χ3n) is 2.78. The van der Waals surface area contributed by atoms with Gasteiger partial charge in [0.15, 0.2) is 0 Å². The molecule has 3 rings (SSSR count). The minimum atomic E-state index is -1.00. The van der Waals surface area contributed by atoms with Crippen LogP contribution in [0.4, 0.5) is 0 Å². The van der Waals surface area contributed by atoms with Crippen LogP contribution in [-0.4, -0.2) is 38.4 Å². The second kappa shape index (κ2) is 5.33. The number of nitrogens with zero attached hydrogens (tertiary/aromatic N) is 3. The Morgan fingerprint density at radius 1 is 1.33 bits per heavy atom. The molecule has 0 aromatic carbocycles. The molecule has 0 aliphatic rings. The van der Waals surface area contributed by atoms with Gasteiger partial charge in [0.25, 0.3) is 0 Å². The number of hydrogen-bond acceptors (Lipinski definition) is 6. The van der Waals surface area contributed by atoms with Gasteiger partial charge in [-0.15, -0.1) is 21.5 Å². The first-order chi connectivity index (χ1) is 10.2. The lowest BCUT2D eigenvalue weighted by atomic mass is 10.2. The zero-order chi connectivity index (χ0) is 14.8. The quantitative estimate of drug-likeness (QED) is 0.767. The zero-order valence-corrected chi connectivity index (χ0v) is 11.7. The topological polar surface area (TPSA) is 101 Å². The Labute approximate surface area is 123 Å². The predicted molar refractivity (Wildman–Crippen MR) is 76.4 cm³/mol. The van der Waals surface area contributed by atoms with Crippen molar-refractivity contribution in [2.75, 3.05) is 7.11 Å². The number of carboxylic acid groups (broad SMARTS) is 1. The average molecular weight is 302 g/mol. The number of carbonyl (C=O) groups is 1. The molecule has 0 bridgehead atoms. The number of aromatic carboxylic acids is 1. The molecule has 0 saturated carbocycles. The molecular weight excluding hydrogens is 292 g/mol. The van der Waals surface area contributed by atoms with E-state index in [1.165, 1.54) is 18.4 Å². The molecule has 8 heteroatoms.